The van der Waals surface area contributed by atoms with Gasteiger partial charge in [-0.2, -0.15) is 0 Å². The average molecular weight is 224 g/mol. The third kappa shape index (κ3) is 2.83. The van der Waals surface area contributed by atoms with Crippen LogP contribution >= 0.6 is 0 Å². The third-order valence-corrected chi connectivity index (χ3v) is 3.99. The molecule has 0 bridgehead atoms. The van der Waals surface area contributed by atoms with Gasteiger partial charge in [0.05, 0.1) is 6.54 Å². The summed E-state index contributed by atoms with van der Waals surface area (Å²) in [5.74, 6) is 0.910. The Kier molecular flexibility index (Phi) is 3.98. The highest BCUT2D eigenvalue weighted by atomic mass is 16.1. The number of hydrogen-bond acceptors (Lipinski definition) is 3. The monoisotopic (exact) mass is 224 g/mol. The molecule has 1 atom stereocenters. The quantitative estimate of drug-likeness (QED) is 0.681. The van der Waals surface area contributed by atoms with Crippen molar-refractivity contribution in [3.8, 4) is 0 Å². The summed E-state index contributed by atoms with van der Waals surface area (Å²) in [5.41, 5.74) is 0. The molecular weight excluding hydrogens is 200 g/mol. The van der Waals surface area contributed by atoms with Gasteiger partial charge >= 0.3 is 0 Å². The molecule has 0 spiro atoms. The summed E-state index contributed by atoms with van der Waals surface area (Å²) in [6.07, 6.45) is 3.53. The molecule has 1 unspecified atom stereocenters. The van der Waals surface area contributed by atoms with Crippen molar-refractivity contribution in [2.24, 2.45) is 5.92 Å². The van der Waals surface area contributed by atoms with Crippen molar-refractivity contribution >= 4 is 5.78 Å². The van der Waals surface area contributed by atoms with Crippen LogP contribution in [0.1, 0.15) is 33.1 Å². The van der Waals surface area contributed by atoms with Gasteiger partial charge in [0.15, 0.2) is 0 Å². The molecule has 1 aliphatic heterocycles. The first-order valence-electron chi connectivity index (χ1n) is 6.73. The van der Waals surface area contributed by atoms with E-state index in [1.807, 2.05) is 0 Å². The molecule has 92 valence electrons. The van der Waals surface area contributed by atoms with Gasteiger partial charge in [0.1, 0.15) is 5.78 Å². The molecule has 0 N–H and O–H groups in total. The molecule has 2 rings (SSSR count). The predicted molar refractivity (Wildman–Crippen MR) is 65.5 cm³/mol. The smallest absolute Gasteiger partial charge is 0.149 e. The summed E-state index contributed by atoms with van der Waals surface area (Å²) in [5, 5.41) is 0. The summed E-state index contributed by atoms with van der Waals surface area (Å²) in [6.45, 7) is 9.63. The highest BCUT2D eigenvalue weighted by Gasteiger charge is 2.33. The van der Waals surface area contributed by atoms with Crippen molar-refractivity contribution in [2.75, 3.05) is 32.7 Å². The second kappa shape index (κ2) is 5.28. The lowest BCUT2D eigenvalue weighted by atomic mass is 10.2. The number of likely N-dealkylation sites (N-methyl/N-ethyl adjacent to an activating group) is 1. The van der Waals surface area contributed by atoms with Crippen molar-refractivity contribution in [3.05, 3.63) is 0 Å². The van der Waals surface area contributed by atoms with Crippen LogP contribution in [0.4, 0.5) is 0 Å². The fraction of sp³-hybridized carbons (Fsp3) is 0.923. The Bertz CT molecular complexity index is 246. The lowest BCUT2D eigenvalue weighted by Gasteiger charge is -2.26. The van der Waals surface area contributed by atoms with E-state index in [4.69, 9.17) is 0 Å². The van der Waals surface area contributed by atoms with E-state index in [-0.39, 0.29) is 0 Å². The molecular formula is C13H24N2O. The molecule has 0 amide bonds. The van der Waals surface area contributed by atoms with Crippen molar-refractivity contribution < 1.29 is 4.79 Å². The van der Waals surface area contributed by atoms with Gasteiger partial charge < -0.3 is 0 Å². The Morgan fingerprint density at radius 2 is 1.94 bits per heavy atom. The molecule has 1 saturated heterocycles. The van der Waals surface area contributed by atoms with E-state index in [0.29, 0.717) is 24.3 Å². The fourth-order valence-electron chi connectivity index (χ4n) is 2.75. The summed E-state index contributed by atoms with van der Waals surface area (Å²) >= 11 is 0. The normalized spacial score (nSPS) is 26.6. The van der Waals surface area contributed by atoms with Gasteiger partial charge in [-0.25, -0.2) is 0 Å². The van der Waals surface area contributed by atoms with Crippen LogP contribution in [0.15, 0.2) is 0 Å². The molecule has 0 aromatic carbocycles. The zero-order valence-electron chi connectivity index (χ0n) is 10.6. The maximum absolute atomic E-state index is 11.7. The predicted octanol–water partition coefficient (Wildman–Crippen LogP) is 1.38. The van der Waals surface area contributed by atoms with Crippen LogP contribution < -0.4 is 0 Å². The van der Waals surface area contributed by atoms with Crippen LogP contribution in [0, 0.1) is 5.92 Å². The summed E-state index contributed by atoms with van der Waals surface area (Å²) in [6, 6.07) is 0.682. The second-order valence-electron chi connectivity index (χ2n) is 5.14. The molecule has 0 aromatic heterocycles. The minimum atomic E-state index is 0.424. The van der Waals surface area contributed by atoms with Crippen molar-refractivity contribution in [1.82, 2.24) is 9.80 Å². The van der Waals surface area contributed by atoms with Crippen LogP contribution in [0.2, 0.25) is 0 Å². The van der Waals surface area contributed by atoms with Crippen molar-refractivity contribution in [3.63, 3.8) is 0 Å². The average Bonchev–Trinajstić information content (AvgIpc) is 3.04. The van der Waals surface area contributed by atoms with E-state index in [2.05, 4.69) is 23.6 Å². The molecule has 1 saturated carbocycles. The van der Waals surface area contributed by atoms with E-state index in [0.717, 1.165) is 39.0 Å². The van der Waals surface area contributed by atoms with Gasteiger partial charge in [-0.15, -0.1) is 0 Å². The molecule has 0 radical (unpaired) electrons. The van der Waals surface area contributed by atoms with Crippen LogP contribution in [0.3, 0.4) is 0 Å². The third-order valence-electron chi connectivity index (χ3n) is 3.99. The lowest BCUT2D eigenvalue weighted by molar-refractivity contribution is -0.121. The zero-order valence-corrected chi connectivity index (χ0v) is 10.6. The largest absolute Gasteiger partial charge is 0.300 e. The van der Waals surface area contributed by atoms with Crippen LogP contribution in [0.5, 0.6) is 0 Å². The number of carbonyl (C=O) groups excluding carboxylic acids is 1. The van der Waals surface area contributed by atoms with Gasteiger partial charge in [0.25, 0.3) is 0 Å². The first kappa shape index (κ1) is 12.1. The first-order valence-corrected chi connectivity index (χ1v) is 6.73. The Hall–Kier alpha value is -0.410. The molecule has 2 aliphatic rings. The van der Waals surface area contributed by atoms with E-state index in [1.165, 1.54) is 6.42 Å². The minimum absolute atomic E-state index is 0.424. The number of Topliss-reactive ketones (excluding diaryl/α,β-unsaturated/α-hetero) is 1. The fourth-order valence-corrected chi connectivity index (χ4v) is 2.75. The van der Waals surface area contributed by atoms with Gasteiger partial charge in [-0.05, 0) is 32.4 Å². The number of nitrogens with zero attached hydrogens (tertiary/aromatic N) is 2. The van der Waals surface area contributed by atoms with Gasteiger partial charge in [-0.1, -0.05) is 13.8 Å². The van der Waals surface area contributed by atoms with Gasteiger partial charge in [-0.3, -0.25) is 14.6 Å². The summed E-state index contributed by atoms with van der Waals surface area (Å²) in [4.78, 5) is 16.6. The van der Waals surface area contributed by atoms with Crippen LogP contribution in [-0.2, 0) is 4.79 Å². The number of likely N-dealkylation sites (tertiary alicyclic amines) is 1. The molecule has 1 aliphatic carbocycles. The second-order valence-corrected chi connectivity index (χ2v) is 5.14. The van der Waals surface area contributed by atoms with E-state index < -0.39 is 0 Å². The number of ketones is 1. The van der Waals surface area contributed by atoms with Crippen LogP contribution in [-0.4, -0.2) is 54.3 Å². The highest BCUT2D eigenvalue weighted by Crippen LogP contribution is 2.30. The summed E-state index contributed by atoms with van der Waals surface area (Å²) in [7, 11) is 0. The van der Waals surface area contributed by atoms with Gasteiger partial charge in [0.2, 0.25) is 0 Å². The van der Waals surface area contributed by atoms with Gasteiger partial charge in [0, 0.05) is 25.0 Å². The van der Waals surface area contributed by atoms with Crippen molar-refractivity contribution in [2.45, 2.75) is 39.2 Å². The maximum Gasteiger partial charge on any atom is 0.149 e. The topological polar surface area (TPSA) is 23.6 Å². The maximum atomic E-state index is 11.7. The SMILES string of the molecule is CCN(CC)C1CCN(CC(=O)C2CC2)C1. The molecule has 0 aromatic rings. The molecule has 16 heavy (non-hydrogen) atoms. The van der Waals surface area contributed by atoms with E-state index >= 15 is 0 Å². The molecule has 3 nitrogen and oxygen atoms in total. The lowest BCUT2D eigenvalue weighted by Crippen LogP contribution is -2.38. The number of carbonyl (C=O) groups is 1. The summed E-state index contributed by atoms with van der Waals surface area (Å²) < 4.78 is 0. The Balaban J connectivity index is 1.76. The number of rotatable bonds is 6. The minimum Gasteiger partial charge on any atom is -0.300 e. The highest BCUT2D eigenvalue weighted by molar-refractivity contribution is 5.85. The first-order chi connectivity index (χ1) is 7.74. The molecule has 2 fully saturated rings. The van der Waals surface area contributed by atoms with E-state index in [9.17, 15) is 4.79 Å². The Morgan fingerprint density at radius 1 is 1.25 bits per heavy atom. The van der Waals surface area contributed by atoms with Crippen molar-refractivity contribution in [1.29, 1.82) is 0 Å². The standard InChI is InChI=1S/C13H24N2O/c1-3-15(4-2)12-7-8-14(9-12)10-13(16)11-5-6-11/h11-12H,3-10H2,1-2H3. The molecule has 1 heterocycles. The zero-order chi connectivity index (χ0) is 11.5. The number of hydrogen-bond donors (Lipinski definition) is 0. The van der Waals surface area contributed by atoms with E-state index in [1.54, 1.807) is 0 Å². The Morgan fingerprint density at radius 3 is 2.50 bits per heavy atom. The van der Waals surface area contributed by atoms with Crippen LogP contribution in [0.25, 0.3) is 0 Å². The Labute approximate surface area is 98.8 Å². The molecule has 3 heteroatoms.